The molecule has 0 aliphatic carbocycles. The number of hydrazine groups is 1. The predicted octanol–water partition coefficient (Wildman–Crippen LogP) is 2.53. The van der Waals surface area contributed by atoms with Gasteiger partial charge in [-0.1, -0.05) is 6.07 Å². The third-order valence-corrected chi connectivity index (χ3v) is 4.23. The first kappa shape index (κ1) is 16.4. The molecule has 0 radical (unpaired) electrons. The first-order valence-electron chi connectivity index (χ1n) is 7.48. The van der Waals surface area contributed by atoms with Gasteiger partial charge in [0.1, 0.15) is 5.82 Å². The summed E-state index contributed by atoms with van der Waals surface area (Å²) < 4.78 is 26.0. The van der Waals surface area contributed by atoms with Crippen LogP contribution < -0.4 is 11.3 Å². The Hall–Kier alpha value is -1.01. The lowest BCUT2D eigenvalue weighted by molar-refractivity contribution is -0.128. The summed E-state index contributed by atoms with van der Waals surface area (Å²) in [5.74, 6) is 5.55. The molecule has 21 heavy (non-hydrogen) atoms. The fraction of sp³-hybridized carbons (Fsp3) is 0.625. The summed E-state index contributed by atoms with van der Waals surface area (Å²) >= 11 is 0. The molecule has 5 heteroatoms. The Bertz CT molecular complexity index is 459. The van der Waals surface area contributed by atoms with Crippen molar-refractivity contribution < 1.29 is 13.9 Å². The molecule has 1 aliphatic heterocycles. The lowest BCUT2D eigenvalue weighted by Crippen LogP contribution is -2.52. The van der Waals surface area contributed by atoms with Gasteiger partial charge < -0.3 is 9.47 Å². The molecular weight excluding hydrogens is 271 g/mol. The van der Waals surface area contributed by atoms with E-state index in [4.69, 9.17) is 15.3 Å². The molecule has 0 bridgehead atoms. The molecule has 1 aromatic rings. The van der Waals surface area contributed by atoms with Gasteiger partial charge in [-0.25, -0.2) is 9.82 Å². The Morgan fingerprint density at radius 2 is 2.05 bits per heavy atom. The summed E-state index contributed by atoms with van der Waals surface area (Å²) in [4.78, 5) is 0. The van der Waals surface area contributed by atoms with Crippen LogP contribution in [0.3, 0.4) is 0 Å². The Labute approximate surface area is 125 Å². The fourth-order valence-corrected chi connectivity index (χ4v) is 3.31. The molecule has 1 aliphatic rings. The number of aryl methyl sites for hydroxylation is 2. The summed E-state index contributed by atoms with van der Waals surface area (Å²) in [6, 6.07) is 3.13. The highest BCUT2D eigenvalue weighted by Gasteiger charge is 2.43. The maximum Gasteiger partial charge on any atom is 0.128 e. The van der Waals surface area contributed by atoms with Crippen LogP contribution in [0.1, 0.15) is 42.5 Å². The zero-order chi connectivity index (χ0) is 15.5. The molecule has 1 unspecified atom stereocenters. The summed E-state index contributed by atoms with van der Waals surface area (Å²) in [5.41, 5.74) is 4.66. The molecule has 0 aromatic heterocycles. The van der Waals surface area contributed by atoms with Gasteiger partial charge >= 0.3 is 0 Å². The van der Waals surface area contributed by atoms with Crippen molar-refractivity contribution in [2.24, 2.45) is 5.84 Å². The van der Waals surface area contributed by atoms with Crippen LogP contribution in [0.4, 0.5) is 4.39 Å². The molecular formula is C16H25FN2O2. The highest BCUT2D eigenvalue weighted by Crippen LogP contribution is 2.39. The van der Waals surface area contributed by atoms with E-state index in [2.05, 4.69) is 5.43 Å². The summed E-state index contributed by atoms with van der Waals surface area (Å²) in [6.45, 7) is 7.51. The molecule has 1 atom stereocenters. The standard InChI is InChI=1S/C16H25FN2O2/c1-4-21-16(5-7-20-8-6-16)15(19-18)14-12(3)9-11(2)10-13(14)17/h9-10,15,19H,4-8,18H2,1-3H3. The maximum atomic E-state index is 14.5. The molecule has 0 amide bonds. The monoisotopic (exact) mass is 296 g/mol. The Balaban J connectivity index is 2.46. The Kier molecular flexibility index (Phi) is 5.32. The third-order valence-electron chi connectivity index (χ3n) is 4.23. The maximum absolute atomic E-state index is 14.5. The van der Waals surface area contributed by atoms with E-state index < -0.39 is 5.60 Å². The second kappa shape index (κ2) is 6.83. The van der Waals surface area contributed by atoms with E-state index in [1.54, 1.807) is 6.07 Å². The number of nitrogens with two attached hydrogens (primary N) is 1. The van der Waals surface area contributed by atoms with Gasteiger partial charge in [0.15, 0.2) is 0 Å². The zero-order valence-electron chi connectivity index (χ0n) is 13.0. The van der Waals surface area contributed by atoms with Crippen LogP contribution in [0.5, 0.6) is 0 Å². The van der Waals surface area contributed by atoms with Gasteiger partial charge in [-0.3, -0.25) is 5.84 Å². The van der Waals surface area contributed by atoms with Crippen LogP contribution in [0.15, 0.2) is 12.1 Å². The van der Waals surface area contributed by atoms with E-state index in [1.807, 2.05) is 26.8 Å². The summed E-state index contributed by atoms with van der Waals surface area (Å²) in [7, 11) is 0. The minimum atomic E-state index is -0.525. The van der Waals surface area contributed by atoms with Crippen molar-refractivity contribution in [3.8, 4) is 0 Å². The molecule has 0 spiro atoms. The van der Waals surface area contributed by atoms with Crippen molar-refractivity contribution in [3.05, 3.63) is 34.6 Å². The van der Waals surface area contributed by atoms with Gasteiger partial charge in [0.05, 0.1) is 11.6 Å². The van der Waals surface area contributed by atoms with Crippen LogP contribution in [0, 0.1) is 19.7 Å². The SMILES string of the molecule is CCOC1(C(NN)c2c(C)cc(C)cc2F)CCOCC1. The van der Waals surface area contributed by atoms with E-state index in [-0.39, 0.29) is 11.9 Å². The lowest BCUT2D eigenvalue weighted by atomic mass is 9.80. The predicted molar refractivity (Wildman–Crippen MR) is 80.3 cm³/mol. The van der Waals surface area contributed by atoms with Crippen LogP contribution in [0.25, 0.3) is 0 Å². The highest BCUT2D eigenvalue weighted by molar-refractivity contribution is 5.36. The Morgan fingerprint density at radius 3 is 2.57 bits per heavy atom. The van der Waals surface area contributed by atoms with Gasteiger partial charge in [-0.2, -0.15) is 0 Å². The van der Waals surface area contributed by atoms with Crippen LogP contribution in [0.2, 0.25) is 0 Å². The molecule has 1 heterocycles. The van der Waals surface area contributed by atoms with Gasteiger partial charge in [0.2, 0.25) is 0 Å². The number of hydrogen-bond acceptors (Lipinski definition) is 4. The van der Waals surface area contributed by atoms with Crippen molar-refractivity contribution >= 4 is 0 Å². The first-order valence-corrected chi connectivity index (χ1v) is 7.48. The van der Waals surface area contributed by atoms with E-state index >= 15 is 0 Å². The molecule has 3 N–H and O–H groups in total. The zero-order valence-corrected chi connectivity index (χ0v) is 13.0. The summed E-state index contributed by atoms with van der Waals surface area (Å²) in [5, 5.41) is 0. The number of ether oxygens (including phenoxy) is 2. The molecule has 1 fully saturated rings. The smallest absolute Gasteiger partial charge is 0.128 e. The van der Waals surface area contributed by atoms with Crippen LogP contribution >= 0.6 is 0 Å². The van der Waals surface area contributed by atoms with Gasteiger partial charge in [-0.05, 0) is 38.0 Å². The number of benzene rings is 1. The second-order valence-corrected chi connectivity index (χ2v) is 5.69. The fourth-order valence-electron chi connectivity index (χ4n) is 3.31. The molecule has 4 nitrogen and oxygen atoms in total. The molecule has 0 saturated carbocycles. The highest BCUT2D eigenvalue weighted by atomic mass is 19.1. The van der Waals surface area contributed by atoms with E-state index in [0.717, 1.165) is 11.1 Å². The van der Waals surface area contributed by atoms with E-state index in [1.165, 1.54) is 0 Å². The second-order valence-electron chi connectivity index (χ2n) is 5.69. The lowest BCUT2D eigenvalue weighted by Gasteiger charge is -2.43. The molecule has 118 valence electrons. The number of halogens is 1. The van der Waals surface area contributed by atoms with E-state index in [0.29, 0.717) is 38.2 Å². The minimum Gasteiger partial charge on any atom is -0.381 e. The van der Waals surface area contributed by atoms with Crippen molar-refractivity contribution in [1.82, 2.24) is 5.43 Å². The van der Waals surface area contributed by atoms with Gasteiger partial charge in [0, 0.05) is 38.2 Å². The number of hydrogen-bond donors (Lipinski definition) is 2. The minimum absolute atomic E-state index is 0.235. The van der Waals surface area contributed by atoms with Crippen molar-refractivity contribution in [2.45, 2.75) is 45.3 Å². The van der Waals surface area contributed by atoms with Crippen molar-refractivity contribution in [3.63, 3.8) is 0 Å². The Morgan fingerprint density at radius 1 is 1.38 bits per heavy atom. The third kappa shape index (κ3) is 3.26. The number of rotatable bonds is 5. The topological polar surface area (TPSA) is 56.5 Å². The normalized spacial score (nSPS) is 19.5. The van der Waals surface area contributed by atoms with Gasteiger partial charge in [0.25, 0.3) is 0 Å². The quantitative estimate of drug-likeness (QED) is 0.647. The molecule has 2 rings (SSSR count). The number of nitrogens with one attached hydrogen (secondary N) is 1. The van der Waals surface area contributed by atoms with Gasteiger partial charge in [-0.15, -0.1) is 0 Å². The molecule has 1 saturated heterocycles. The van der Waals surface area contributed by atoms with Crippen LogP contribution in [-0.2, 0) is 9.47 Å². The van der Waals surface area contributed by atoms with Crippen molar-refractivity contribution in [2.75, 3.05) is 19.8 Å². The van der Waals surface area contributed by atoms with Crippen molar-refractivity contribution in [1.29, 1.82) is 0 Å². The largest absolute Gasteiger partial charge is 0.381 e. The average molecular weight is 296 g/mol. The van der Waals surface area contributed by atoms with Crippen LogP contribution in [-0.4, -0.2) is 25.4 Å². The summed E-state index contributed by atoms with van der Waals surface area (Å²) in [6.07, 6.45) is 1.39. The van der Waals surface area contributed by atoms with E-state index in [9.17, 15) is 4.39 Å². The first-order chi connectivity index (χ1) is 10.0. The average Bonchev–Trinajstić information content (AvgIpc) is 2.43. The molecule has 1 aromatic carbocycles.